The van der Waals surface area contributed by atoms with Crippen LogP contribution in [0.2, 0.25) is 10.0 Å². The van der Waals surface area contributed by atoms with Gasteiger partial charge in [-0.25, -0.2) is 18.2 Å². The van der Waals surface area contributed by atoms with Crippen molar-refractivity contribution >= 4 is 44.9 Å². The van der Waals surface area contributed by atoms with Crippen LogP contribution in [0.25, 0.3) is 28.1 Å². The first-order valence-corrected chi connectivity index (χ1v) is 18.9. The molecule has 0 unspecified atom stereocenters. The molecule has 2 N–H and O–H groups in total. The molecule has 0 fully saturated rings. The first kappa shape index (κ1) is 38.4. The van der Waals surface area contributed by atoms with E-state index in [4.69, 9.17) is 32.9 Å². The number of carboxylic acid groups (broad SMARTS) is 1. The molecule has 14 heteroatoms. The lowest BCUT2D eigenvalue weighted by Gasteiger charge is -2.14. The lowest BCUT2D eigenvalue weighted by Crippen LogP contribution is -2.19. The van der Waals surface area contributed by atoms with Gasteiger partial charge in [-0.1, -0.05) is 73.4 Å². The number of halogens is 5. The Morgan fingerprint density at radius 2 is 1.48 bits per heavy atom. The molecule has 0 aliphatic rings. The maximum atomic E-state index is 13.6. The van der Waals surface area contributed by atoms with Crippen molar-refractivity contribution in [3.63, 3.8) is 0 Å². The Bertz CT molecular complexity index is 2420. The van der Waals surface area contributed by atoms with E-state index in [-0.39, 0.29) is 23.8 Å². The lowest BCUT2D eigenvalue weighted by atomic mass is 10.0. The quantitative estimate of drug-likeness (QED) is 0.128. The number of carboxylic acids is 1. The van der Waals surface area contributed by atoms with E-state index in [1.165, 1.54) is 6.07 Å². The zero-order valence-electron chi connectivity index (χ0n) is 28.7. The summed E-state index contributed by atoms with van der Waals surface area (Å²) in [5.41, 5.74) is 2.11. The number of carbonyl (C=O) groups is 1. The van der Waals surface area contributed by atoms with Gasteiger partial charge < -0.3 is 14.4 Å². The van der Waals surface area contributed by atoms with Crippen LogP contribution in [0.3, 0.4) is 0 Å². The number of hydrogen-bond acceptors (Lipinski definition) is 5. The van der Waals surface area contributed by atoms with Crippen LogP contribution in [-0.4, -0.2) is 34.8 Å². The number of hydrogen-bond donors (Lipinski definition) is 2. The molecule has 0 amide bonds. The summed E-state index contributed by atoms with van der Waals surface area (Å²) < 4.78 is 75.4. The van der Waals surface area contributed by atoms with Gasteiger partial charge >= 0.3 is 12.1 Å². The predicted molar refractivity (Wildman–Crippen MR) is 204 cm³/mol. The molecule has 0 bridgehead atoms. The first-order chi connectivity index (χ1) is 25.5. The molecule has 0 aliphatic carbocycles. The molecule has 0 saturated heterocycles. The number of nitrogens with one attached hydrogen (secondary N) is 1. The summed E-state index contributed by atoms with van der Waals surface area (Å²) in [6.07, 6.45) is -3.01. The Kier molecular flexibility index (Phi) is 11.1. The van der Waals surface area contributed by atoms with E-state index in [1.807, 2.05) is 62.4 Å². The predicted octanol–water partition coefficient (Wildman–Crippen LogP) is 11.0. The van der Waals surface area contributed by atoms with Crippen LogP contribution in [0, 0.1) is 5.92 Å². The van der Waals surface area contributed by atoms with E-state index < -0.39 is 33.3 Å². The van der Waals surface area contributed by atoms with Gasteiger partial charge in [0.15, 0.2) is 0 Å². The van der Waals surface area contributed by atoms with Crippen molar-refractivity contribution in [1.82, 2.24) is 9.55 Å². The standard InChI is InChI=1S/C40H32Cl2F3N3O5S/c1-24(2)23-54(51,52)47-29-10-15-32(16-11-29)53-31-13-7-27(8-14-31)26-5-3-25(4-6-26)19-38-46-37(33-17-9-28(41)20-36(33)42)22-48(38)30-12-18-35(40(43,44)45)34(21-30)39(49)50/h3-18,20-22,24,47H,19,23H2,1-2H3,(H,49,50). The number of sulfonamides is 1. The lowest BCUT2D eigenvalue weighted by molar-refractivity contribution is -0.138. The molecule has 0 saturated carbocycles. The molecule has 1 heterocycles. The second kappa shape index (κ2) is 15.6. The van der Waals surface area contributed by atoms with E-state index in [1.54, 1.807) is 53.2 Å². The van der Waals surface area contributed by atoms with Crippen molar-refractivity contribution in [3.05, 3.63) is 148 Å². The zero-order valence-corrected chi connectivity index (χ0v) is 31.1. The molecule has 1 aromatic heterocycles. The van der Waals surface area contributed by atoms with E-state index in [2.05, 4.69) is 4.72 Å². The highest BCUT2D eigenvalue weighted by molar-refractivity contribution is 7.92. The topological polar surface area (TPSA) is 111 Å². The molecule has 0 spiro atoms. The van der Waals surface area contributed by atoms with Crippen molar-refractivity contribution < 1.29 is 36.2 Å². The number of anilines is 1. The first-order valence-electron chi connectivity index (χ1n) is 16.5. The molecule has 0 radical (unpaired) electrons. The van der Waals surface area contributed by atoms with Gasteiger partial charge in [-0.15, -0.1) is 0 Å². The van der Waals surface area contributed by atoms with Crippen LogP contribution in [0.15, 0.2) is 115 Å². The average Bonchev–Trinajstić information content (AvgIpc) is 3.51. The number of rotatable bonds is 12. The minimum absolute atomic E-state index is 0.00217. The number of aromatic nitrogens is 2. The Morgan fingerprint density at radius 1 is 0.870 bits per heavy atom. The molecule has 278 valence electrons. The van der Waals surface area contributed by atoms with Gasteiger partial charge in [0.1, 0.15) is 17.3 Å². The molecule has 0 atom stereocenters. The Morgan fingerprint density at radius 3 is 2.06 bits per heavy atom. The third kappa shape index (κ3) is 9.25. The number of aromatic carboxylic acids is 1. The number of imidazole rings is 1. The van der Waals surface area contributed by atoms with Gasteiger partial charge in [0.05, 0.1) is 27.6 Å². The number of ether oxygens (including phenoxy) is 1. The van der Waals surface area contributed by atoms with Crippen LogP contribution >= 0.6 is 23.2 Å². The van der Waals surface area contributed by atoms with Crippen LogP contribution in [0.1, 0.15) is 41.2 Å². The van der Waals surface area contributed by atoms with E-state index >= 15 is 0 Å². The summed E-state index contributed by atoms with van der Waals surface area (Å²) in [4.78, 5) is 16.6. The van der Waals surface area contributed by atoms with E-state index in [9.17, 15) is 31.5 Å². The molecule has 8 nitrogen and oxygen atoms in total. The van der Waals surface area contributed by atoms with Crippen molar-refractivity contribution in [2.75, 3.05) is 10.5 Å². The summed E-state index contributed by atoms with van der Waals surface area (Å²) in [7, 11) is -3.44. The third-order valence-electron chi connectivity index (χ3n) is 8.22. The van der Waals surface area contributed by atoms with Gasteiger partial charge in [-0.2, -0.15) is 13.2 Å². The SMILES string of the molecule is CC(C)CS(=O)(=O)Nc1ccc(Oc2ccc(-c3ccc(Cc4nc(-c5ccc(Cl)cc5Cl)cn4-c4ccc(C(F)(F)F)c(C(=O)O)c4)cc3)cc2)cc1. The number of alkyl halides is 3. The molecule has 0 aliphatic heterocycles. The monoisotopic (exact) mass is 793 g/mol. The van der Waals surface area contributed by atoms with E-state index in [0.717, 1.165) is 28.8 Å². The van der Waals surface area contributed by atoms with Crippen LogP contribution in [-0.2, 0) is 22.6 Å². The van der Waals surface area contributed by atoms with Crippen molar-refractivity contribution in [2.24, 2.45) is 5.92 Å². The van der Waals surface area contributed by atoms with Gasteiger partial charge in [-0.3, -0.25) is 4.72 Å². The molecular weight excluding hydrogens is 762 g/mol. The summed E-state index contributed by atoms with van der Waals surface area (Å²) >= 11 is 12.6. The highest BCUT2D eigenvalue weighted by Gasteiger charge is 2.35. The molecule has 6 rings (SSSR count). The van der Waals surface area contributed by atoms with Crippen LogP contribution < -0.4 is 9.46 Å². The number of nitrogens with zero attached hydrogens (tertiary/aromatic N) is 2. The summed E-state index contributed by atoms with van der Waals surface area (Å²) in [6.45, 7) is 3.67. The summed E-state index contributed by atoms with van der Waals surface area (Å²) in [6, 6.07) is 29.5. The van der Waals surface area contributed by atoms with Crippen LogP contribution in [0.5, 0.6) is 11.5 Å². The van der Waals surface area contributed by atoms with Crippen molar-refractivity contribution in [1.29, 1.82) is 0 Å². The molecule has 5 aromatic carbocycles. The highest BCUT2D eigenvalue weighted by atomic mass is 35.5. The fourth-order valence-electron chi connectivity index (χ4n) is 5.80. The third-order valence-corrected chi connectivity index (χ3v) is 10.4. The molecule has 6 aromatic rings. The minimum Gasteiger partial charge on any atom is -0.478 e. The zero-order chi connectivity index (χ0) is 38.8. The maximum absolute atomic E-state index is 13.6. The highest BCUT2D eigenvalue weighted by Crippen LogP contribution is 2.35. The second-order valence-electron chi connectivity index (χ2n) is 12.9. The fraction of sp³-hybridized carbons (Fsp3) is 0.150. The van der Waals surface area contributed by atoms with Gasteiger partial charge in [0, 0.05) is 34.6 Å². The minimum atomic E-state index is -4.85. The fourth-order valence-corrected chi connectivity index (χ4v) is 7.76. The molecular formula is C40H32Cl2F3N3O5S. The van der Waals surface area contributed by atoms with Crippen LogP contribution in [0.4, 0.5) is 18.9 Å². The van der Waals surface area contributed by atoms with Gasteiger partial charge in [0.2, 0.25) is 10.0 Å². The summed E-state index contributed by atoms with van der Waals surface area (Å²) in [5, 5.41) is 10.4. The smallest absolute Gasteiger partial charge is 0.417 e. The normalized spacial score (nSPS) is 11.9. The largest absolute Gasteiger partial charge is 0.478 e. The van der Waals surface area contributed by atoms with Crippen molar-refractivity contribution in [2.45, 2.75) is 26.4 Å². The van der Waals surface area contributed by atoms with Gasteiger partial charge in [0.25, 0.3) is 0 Å². The maximum Gasteiger partial charge on any atom is 0.417 e. The van der Waals surface area contributed by atoms with E-state index in [0.29, 0.717) is 44.3 Å². The second-order valence-corrected chi connectivity index (χ2v) is 15.5. The van der Waals surface area contributed by atoms with Gasteiger partial charge in [-0.05, 0) is 95.4 Å². The number of benzene rings is 5. The summed E-state index contributed by atoms with van der Waals surface area (Å²) in [5.74, 6) is -0.132. The Balaban J connectivity index is 1.21. The Labute approximate surface area is 319 Å². The van der Waals surface area contributed by atoms with Crippen molar-refractivity contribution in [3.8, 4) is 39.6 Å². The average molecular weight is 795 g/mol. The molecule has 54 heavy (non-hydrogen) atoms. The Hall–Kier alpha value is -5.30.